The highest BCUT2D eigenvalue weighted by Gasteiger charge is 2.11. The molecule has 0 unspecified atom stereocenters. The molecule has 1 amide bonds. The van der Waals surface area contributed by atoms with Gasteiger partial charge in [0.05, 0.1) is 12.3 Å². The number of ether oxygens (including phenoxy) is 1. The number of carbonyl (C=O) groups is 1. The molecule has 3 aromatic rings. The summed E-state index contributed by atoms with van der Waals surface area (Å²) in [5.74, 6) is 0.605. The Morgan fingerprint density at radius 3 is 2.75 bits per heavy atom. The van der Waals surface area contributed by atoms with Gasteiger partial charge in [0.2, 0.25) is 5.91 Å². The van der Waals surface area contributed by atoms with Crippen LogP contribution < -0.4 is 10.1 Å². The molecule has 28 heavy (non-hydrogen) atoms. The van der Waals surface area contributed by atoms with Gasteiger partial charge in [-0.25, -0.2) is 4.98 Å². The van der Waals surface area contributed by atoms with Gasteiger partial charge in [-0.2, -0.15) is 0 Å². The maximum absolute atomic E-state index is 12.2. The zero-order valence-electron chi connectivity index (χ0n) is 15.7. The van der Waals surface area contributed by atoms with Gasteiger partial charge in [-0.1, -0.05) is 42.8 Å². The fourth-order valence-electron chi connectivity index (χ4n) is 2.57. The summed E-state index contributed by atoms with van der Waals surface area (Å²) in [6.45, 7) is 4.74. The van der Waals surface area contributed by atoms with Gasteiger partial charge in [-0.3, -0.25) is 10.1 Å². The van der Waals surface area contributed by atoms with E-state index in [2.05, 4.69) is 17.2 Å². The molecule has 0 fully saturated rings. The van der Waals surface area contributed by atoms with Gasteiger partial charge in [0.1, 0.15) is 5.75 Å². The number of halogens is 1. The molecule has 1 aromatic heterocycles. The van der Waals surface area contributed by atoms with Gasteiger partial charge in [0.15, 0.2) is 5.13 Å². The molecular weight excluding hydrogens is 392 g/mol. The summed E-state index contributed by atoms with van der Waals surface area (Å²) in [6, 6.07) is 15.2. The second-order valence-corrected chi connectivity index (χ2v) is 7.81. The lowest BCUT2D eigenvalue weighted by Gasteiger charge is -2.04. The van der Waals surface area contributed by atoms with Crippen LogP contribution in [0.3, 0.4) is 0 Å². The summed E-state index contributed by atoms with van der Waals surface area (Å²) in [5, 5.41) is 4.04. The number of thiazole rings is 1. The highest BCUT2D eigenvalue weighted by molar-refractivity contribution is 7.16. The maximum atomic E-state index is 12.2. The van der Waals surface area contributed by atoms with Gasteiger partial charge >= 0.3 is 0 Å². The minimum Gasteiger partial charge on any atom is -0.494 e. The Labute approximate surface area is 173 Å². The Morgan fingerprint density at radius 2 is 2.04 bits per heavy atom. The molecule has 144 valence electrons. The monoisotopic (exact) mass is 412 g/mol. The standard InChI is InChI=1S/C22H21ClN2O2S/c1-3-13-27-19-10-7-16(8-11-19)9-12-20(26)24-22-25-21(15(2)28-22)17-5-4-6-18(23)14-17/h4-12,14H,3,13H2,1-2H3,(H,24,25,26)/b12-9+. The summed E-state index contributed by atoms with van der Waals surface area (Å²) >= 11 is 7.50. The molecule has 0 aliphatic carbocycles. The predicted octanol–water partition coefficient (Wildman–Crippen LogP) is 6.21. The summed E-state index contributed by atoms with van der Waals surface area (Å²) in [7, 11) is 0. The van der Waals surface area contributed by atoms with E-state index in [0.717, 1.165) is 33.9 Å². The fraction of sp³-hybridized carbons (Fsp3) is 0.182. The molecule has 2 aromatic carbocycles. The van der Waals surface area contributed by atoms with Gasteiger partial charge in [0.25, 0.3) is 0 Å². The van der Waals surface area contributed by atoms with Crippen molar-refractivity contribution < 1.29 is 9.53 Å². The van der Waals surface area contributed by atoms with Crippen molar-refractivity contribution in [3.63, 3.8) is 0 Å². The molecule has 0 spiro atoms. The molecule has 1 N–H and O–H groups in total. The van der Waals surface area contributed by atoms with Crippen molar-refractivity contribution in [1.29, 1.82) is 0 Å². The molecule has 0 saturated heterocycles. The Balaban J connectivity index is 1.63. The predicted molar refractivity (Wildman–Crippen MR) is 117 cm³/mol. The third-order valence-corrected chi connectivity index (χ3v) is 5.03. The first-order valence-corrected chi connectivity index (χ1v) is 10.2. The second-order valence-electron chi connectivity index (χ2n) is 6.17. The van der Waals surface area contributed by atoms with Crippen LogP contribution in [0.5, 0.6) is 5.75 Å². The van der Waals surface area contributed by atoms with Crippen molar-refractivity contribution in [2.45, 2.75) is 20.3 Å². The van der Waals surface area contributed by atoms with E-state index >= 15 is 0 Å². The molecule has 0 atom stereocenters. The van der Waals surface area contributed by atoms with Crippen molar-refractivity contribution in [3.05, 3.63) is 70.1 Å². The highest BCUT2D eigenvalue weighted by atomic mass is 35.5. The fourth-order valence-corrected chi connectivity index (χ4v) is 3.60. The molecule has 6 heteroatoms. The van der Waals surface area contributed by atoms with E-state index in [1.54, 1.807) is 6.08 Å². The van der Waals surface area contributed by atoms with Gasteiger partial charge in [0, 0.05) is 21.5 Å². The first-order valence-electron chi connectivity index (χ1n) is 9.00. The number of hydrogen-bond acceptors (Lipinski definition) is 4. The average molecular weight is 413 g/mol. The Morgan fingerprint density at radius 1 is 1.25 bits per heavy atom. The average Bonchev–Trinajstić information content (AvgIpc) is 3.05. The van der Waals surface area contributed by atoms with Crippen LogP contribution in [0.25, 0.3) is 17.3 Å². The third kappa shape index (κ3) is 5.44. The van der Waals surface area contributed by atoms with E-state index in [0.29, 0.717) is 16.8 Å². The molecule has 0 aliphatic rings. The topological polar surface area (TPSA) is 51.2 Å². The number of benzene rings is 2. The van der Waals surface area contributed by atoms with Crippen molar-refractivity contribution in [2.75, 3.05) is 11.9 Å². The van der Waals surface area contributed by atoms with Gasteiger partial charge < -0.3 is 4.74 Å². The van der Waals surface area contributed by atoms with Crippen molar-refractivity contribution in [3.8, 4) is 17.0 Å². The van der Waals surface area contributed by atoms with Gasteiger partial charge in [-0.15, -0.1) is 11.3 Å². The van der Waals surface area contributed by atoms with Crippen LogP contribution in [-0.2, 0) is 4.79 Å². The smallest absolute Gasteiger partial charge is 0.250 e. The number of amides is 1. The minimum atomic E-state index is -0.224. The molecule has 0 aliphatic heterocycles. The van der Waals surface area contributed by atoms with Crippen LogP contribution >= 0.6 is 22.9 Å². The van der Waals surface area contributed by atoms with Crippen molar-refractivity contribution in [2.24, 2.45) is 0 Å². The molecule has 0 saturated carbocycles. The molecule has 1 heterocycles. The Hall–Kier alpha value is -2.63. The third-order valence-electron chi connectivity index (χ3n) is 3.90. The Kier molecular flexibility index (Phi) is 6.85. The molecule has 3 rings (SSSR count). The van der Waals surface area contributed by atoms with Crippen LogP contribution in [-0.4, -0.2) is 17.5 Å². The first-order chi connectivity index (χ1) is 13.5. The van der Waals surface area contributed by atoms with Crippen LogP contribution in [0.1, 0.15) is 23.8 Å². The normalized spacial score (nSPS) is 11.0. The van der Waals surface area contributed by atoms with Crippen molar-refractivity contribution >= 4 is 40.1 Å². The van der Waals surface area contributed by atoms with Crippen LogP contribution in [0.15, 0.2) is 54.6 Å². The zero-order valence-corrected chi connectivity index (χ0v) is 17.3. The van der Waals surface area contributed by atoms with E-state index in [4.69, 9.17) is 16.3 Å². The lowest BCUT2D eigenvalue weighted by atomic mass is 10.1. The SMILES string of the molecule is CCCOc1ccc(/C=C/C(=O)Nc2nc(-c3cccc(Cl)c3)c(C)s2)cc1. The minimum absolute atomic E-state index is 0.224. The number of carbonyl (C=O) groups excluding carboxylic acids is 1. The number of nitrogens with one attached hydrogen (secondary N) is 1. The molecule has 0 radical (unpaired) electrons. The maximum Gasteiger partial charge on any atom is 0.250 e. The number of hydrogen-bond donors (Lipinski definition) is 1. The zero-order chi connectivity index (χ0) is 19.9. The first kappa shape index (κ1) is 20.1. The summed E-state index contributed by atoms with van der Waals surface area (Å²) < 4.78 is 5.55. The lowest BCUT2D eigenvalue weighted by Crippen LogP contribution is -2.07. The number of aryl methyl sites for hydroxylation is 1. The Bertz CT molecular complexity index is 980. The van der Waals surface area contributed by atoms with Crippen LogP contribution in [0.2, 0.25) is 5.02 Å². The number of anilines is 1. The largest absolute Gasteiger partial charge is 0.494 e. The molecule has 4 nitrogen and oxygen atoms in total. The van der Waals surface area contributed by atoms with E-state index < -0.39 is 0 Å². The lowest BCUT2D eigenvalue weighted by molar-refractivity contribution is -0.111. The van der Waals surface area contributed by atoms with E-state index in [1.807, 2.05) is 55.5 Å². The van der Waals surface area contributed by atoms with Crippen LogP contribution in [0, 0.1) is 6.92 Å². The van der Waals surface area contributed by atoms with Gasteiger partial charge in [-0.05, 0) is 49.2 Å². The van der Waals surface area contributed by atoms with E-state index in [1.165, 1.54) is 17.4 Å². The number of rotatable bonds is 7. The van der Waals surface area contributed by atoms with E-state index in [9.17, 15) is 4.79 Å². The number of aromatic nitrogens is 1. The second kappa shape index (κ2) is 9.53. The summed E-state index contributed by atoms with van der Waals surface area (Å²) in [5.41, 5.74) is 2.69. The summed E-state index contributed by atoms with van der Waals surface area (Å²) in [6.07, 6.45) is 4.23. The van der Waals surface area contributed by atoms with Crippen LogP contribution in [0.4, 0.5) is 5.13 Å². The quantitative estimate of drug-likeness (QED) is 0.469. The summed E-state index contributed by atoms with van der Waals surface area (Å²) in [4.78, 5) is 17.8. The molecular formula is C22H21ClN2O2S. The highest BCUT2D eigenvalue weighted by Crippen LogP contribution is 2.31. The molecule has 0 bridgehead atoms. The van der Waals surface area contributed by atoms with E-state index in [-0.39, 0.29) is 5.91 Å². The van der Waals surface area contributed by atoms with Crippen molar-refractivity contribution in [1.82, 2.24) is 4.98 Å². The number of nitrogens with zero attached hydrogens (tertiary/aromatic N) is 1.